The zero-order valence-corrected chi connectivity index (χ0v) is 14.7. The van der Waals surface area contributed by atoms with Crippen LogP contribution in [0.2, 0.25) is 0 Å². The fraction of sp³-hybridized carbons (Fsp3) is 0.167. The molecule has 0 N–H and O–H groups in total. The summed E-state index contributed by atoms with van der Waals surface area (Å²) in [6.07, 6.45) is -0.386. The van der Waals surface area contributed by atoms with E-state index >= 15 is 0 Å². The summed E-state index contributed by atoms with van der Waals surface area (Å²) in [5.74, 6) is -2.47. The molecule has 0 radical (unpaired) electrons. The molecular weight excluding hydrogens is 358 g/mol. The lowest BCUT2D eigenvalue weighted by Gasteiger charge is -2.14. The second-order valence-corrected chi connectivity index (χ2v) is 7.85. The summed E-state index contributed by atoms with van der Waals surface area (Å²) >= 11 is 0. The molecule has 0 bridgehead atoms. The molecule has 3 rings (SSSR count). The first-order chi connectivity index (χ1) is 12.3. The van der Waals surface area contributed by atoms with Gasteiger partial charge in [-0.15, -0.1) is 0 Å². The summed E-state index contributed by atoms with van der Waals surface area (Å²) < 4.78 is 24.3. The average Bonchev–Trinajstić information content (AvgIpc) is 2.87. The van der Waals surface area contributed by atoms with Crippen molar-refractivity contribution in [2.75, 3.05) is 5.75 Å². The van der Waals surface area contributed by atoms with Gasteiger partial charge < -0.3 is 4.84 Å². The summed E-state index contributed by atoms with van der Waals surface area (Å²) in [7, 11) is -3.52. The first-order valence-electron chi connectivity index (χ1n) is 7.84. The molecule has 8 heteroatoms. The first-order valence-corrected chi connectivity index (χ1v) is 9.49. The molecule has 0 atom stereocenters. The topological polar surface area (TPSA) is 97.8 Å². The summed E-state index contributed by atoms with van der Waals surface area (Å²) in [5.41, 5.74) is 0.550. The van der Waals surface area contributed by atoms with E-state index in [-0.39, 0.29) is 33.8 Å². The average molecular weight is 373 g/mol. The molecule has 2 aromatic rings. The normalized spacial score (nSPS) is 13.7. The van der Waals surface area contributed by atoms with Gasteiger partial charge in [0, 0.05) is 0 Å². The molecule has 26 heavy (non-hydrogen) atoms. The Balaban J connectivity index is 1.80. The van der Waals surface area contributed by atoms with E-state index in [1.165, 1.54) is 31.2 Å². The van der Waals surface area contributed by atoms with Crippen LogP contribution in [0.5, 0.6) is 0 Å². The Morgan fingerprint density at radius 3 is 2.08 bits per heavy atom. The third kappa shape index (κ3) is 3.11. The van der Waals surface area contributed by atoms with Gasteiger partial charge in [0.05, 0.1) is 28.2 Å². The Morgan fingerprint density at radius 2 is 1.50 bits per heavy atom. The summed E-state index contributed by atoms with van der Waals surface area (Å²) in [6, 6.07) is 12.2. The van der Waals surface area contributed by atoms with Crippen LogP contribution < -0.4 is 0 Å². The SMILES string of the molecule is CCS(=O)(=O)c1ccccc1CC(=O)ON1C(=O)c2ccccc2C1=O. The van der Waals surface area contributed by atoms with E-state index in [1.807, 2.05) is 0 Å². The molecular formula is C18H15NO6S. The second kappa shape index (κ2) is 6.72. The molecule has 0 aromatic heterocycles. The van der Waals surface area contributed by atoms with E-state index < -0.39 is 27.6 Å². The van der Waals surface area contributed by atoms with E-state index in [0.29, 0.717) is 5.06 Å². The van der Waals surface area contributed by atoms with Crippen LogP contribution in [0.4, 0.5) is 0 Å². The molecule has 1 aliphatic rings. The van der Waals surface area contributed by atoms with Gasteiger partial charge in [-0.3, -0.25) is 9.59 Å². The van der Waals surface area contributed by atoms with Gasteiger partial charge in [-0.2, -0.15) is 0 Å². The van der Waals surface area contributed by atoms with Crippen LogP contribution in [0.1, 0.15) is 33.2 Å². The van der Waals surface area contributed by atoms with Gasteiger partial charge in [-0.05, 0) is 23.8 Å². The fourth-order valence-corrected chi connectivity index (χ4v) is 3.79. The van der Waals surface area contributed by atoms with Gasteiger partial charge in [0.25, 0.3) is 11.8 Å². The molecule has 134 valence electrons. The van der Waals surface area contributed by atoms with Crippen molar-refractivity contribution in [3.8, 4) is 0 Å². The quantitative estimate of drug-likeness (QED) is 0.741. The van der Waals surface area contributed by atoms with Crippen LogP contribution in [-0.4, -0.2) is 37.0 Å². The predicted octanol–water partition coefficient (Wildman–Crippen LogP) is 1.78. The van der Waals surface area contributed by atoms with E-state index in [2.05, 4.69) is 0 Å². The maximum absolute atomic E-state index is 12.2. The highest BCUT2D eigenvalue weighted by Crippen LogP contribution is 2.23. The number of hydrogen-bond acceptors (Lipinski definition) is 6. The molecule has 2 amide bonds. The maximum Gasteiger partial charge on any atom is 0.337 e. The zero-order chi connectivity index (χ0) is 18.9. The Kier molecular flexibility index (Phi) is 4.60. The summed E-state index contributed by atoms with van der Waals surface area (Å²) in [5, 5.41) is 0.407. The van der Waals surface area contributed by atoms with Crippen molar-refractivity contribution in [2.45, 2.75) is 18.2 Å². The van der Waals surface area contributed by atoms with Crippen LogP contribution in [-0.2, 0) is 25.9 Å². The Hall–Kier alpha value is -3.00. The van der Waals surface area contributed by atoms with Crippen molar-refractivity contribution < 1.29 is 27.6 Å². The number of amides is 2. The summed E-state index contributed by atoms with van der Waals surface area (Å²) in [4.78, 5) is 41.6. The highest BCUT2D eigenvalue weighted by Gasteiger charge is 2.38. The Bertz CT molecular complexity index is 977. The minimum absolute atomic E-state index is 0.0295. The Morgan fingerprint density at radius 1 is 0.962 bits per heavy atom. The number of hydrogen-bond donors (Lipinski definition) is 0. The number of carbonyl (C=O) groups excluding carboxylic acids is 3. The molecule has 0 saturated heterocycles. The molecule has 0 fully saturated rings. The lowest BCUT2D eigenvalue weighted by Crippen LogP contribution is -2.33. The lowest BCUT2D eigenvalue weighted by atomic mass is 10.1. The van der Waals surface area contributed by atoms with Crippen molar-refractivity contribution in [1.82, 2.24) is 5.06 Å². The van der Waals surface area contributed by atoms with Crippen LogP contribution in [0.25, 0.3) is 0 Å². The van der Waals surface area contributed by atoms with E-state index in [4.69, 9.17) is 4.84 Å². The Labute approximate surface area is 150 Å². The van der Waals surface area contributed by atoms with Crippen molar-refractivity contribution in [2.24, 2.45) is 0 Å². The van der Waals surface area contributed by atoms with Gasteiger partial charge >= 0.3 is 5.97 Å². The molecule has 0 spiro atoms. The number of fused-ring (bicyclic) bond motifs is 1. The maximum atomic E-state index is 12.2. The standard InChI is InChI=1S/C18H15NO6S/c1-2-26(23,24)15-10-6-3-7-12(15)11-16(20)25-19-17(21)13-8-4-5-9-14(13)18(19)22/h3-10H,2,11H2,1H3. The first kappa shape index (κ1) is 17.8. The zero-order valence-electron chi connectivity index (χ0n) is 13.8. The predicted molar refractivity (Wildman–Crippen MR) is 90.9 cm³/mol. The largest absolute Gasteiger partial charge is 0.337 e. The molecule has 0 saturated carbocycles. The van der Waals surface area contributed by atoms with Gasteiger partial charge in [0.2, 0.25) is 0 Å². The van der Waals surface area contributed by atoms with E-state index in [0.717, 1.165) is 0 Å². The fourth-order valence-electron chi connectivity index (χ4n) is 2.65. The third-order valence-corrected chi connectivity index (χ3v) is 5.80. The number of hydroxylamine groups is 2. The minimum atomic E-state index is -3.52. The van der Waals surface area contributed by atoms with Crippen molar-refractivity contribution in [3.05, 3.63) is 65.2 Å². The number of imide groups is 1. The molecule has 7 nitrogen and oxygen atoms in total. The molecule has 0 aliphatic carbocycles. The summed E-state index contributed by atoms with van der Waals surface area (Å²) in [6.45, 7) is 1.50. The number of nitrogens with zero attached hydrogens (tertiary/aromatic N) is 1. The van der Waals surface area contributed by atoms with Crippen LogP contribution >= 0.6 is 0 Å². The van der Waals surface area contributed by atoms with Gasteiger partial charge in [0.1, 0.15) is 0 Å². The monoisotopic (exact) mass is 373 g/mol. The number of carbonyl (C=O) groups is 3. The van der Waals surface area contributed by atoms with Crippen molar-refractivity contribution >= 4 is 27.6 Å². The van der Waals surface area contributed by atoms with Gasteiger partial charge in [0.15, 0.2) is 9.84 Å². The van der Waals surface area contributed by atoms with Gasteiger partial charge in [-0.1, -0.05) is 42.3 Å². The van der Waals surface area contributed by atoms with Gasteiger partial charge in [-0.25, -0.2) is 13.2 Å². The molecule has 0 unspecified atom stereocenters. The molecule has 1 heterocycles. The highest BCUT2D eigenvalue weighted by molar-refractivity contribution is 7.91. The van der Waals surface area contributed by atoms with E-state index in [9.17, 15) is 22.8 Å². The van der Waals surface area contributed by atoms with Crippen LogP contribution in [0.3, 0.4) is 0 Å². The number of rotatable bonds is 5. The van der Waals surface area contributed by atoms with Crippen molar-refractivity contribution in [1.29, 1.82) is 0 Å². The van der Waals surface area contributed by atoms with Crippen LogP contribution in [0, 0.1) is 0 Å². The third-order valence-electron chi connectivity index (χ3n) is 3.97. The molecule has 2 aromatic carbocycles. The van der Waals surface area contributed by atoms with Crippen molar-refractivity contribution in [3.63, 3.8) is 0 Å². The van der Waals surface area contributed by atoms with Crippen LogP contribution in [0.15, 0.2) is 53.4 Å². The number of benzene rings is 2. The second-order valence-electron chi connectivity index (χ2n) is 5.60. The lowest BCUT2D eigenvalue weighted by molar-refractivity contribution is -0.167. The minimum Gasteiger partial charge on any atom is -0.329 e. The highest BCUT2D eigenvalue weighted by atomic mass is 32.2. The van der Waals surface area contributed by atoms with E-state index in [1.54, 1.807) is 24.3 Å². The molecule has 1 aliphatic heterocycles. The smallest absolute Gasteiger partial charge is 0.329 e. The number of sulfone groups is 1.